The number of ether oxygens (including phenoxy) is 1. The van der Waals surface area contributed by atoms with Gasteiger partial charge in [0.25, 0.3) is 0 Å². The SMILES string of the molecule is CC[C@@]1(C)CN(C(=O)NCc2ncc(-c3ccccc3)cn2)CCO1. The number of nitrogens with one attached hydrogen (secondary N) is 1. The van der Waals surface area contributed by atoms with Crippen LogP contribution < -0.4 is 5.32 Å². The Morgan fingerprint density at radius 1 is 1.24 bits per heavy atom. The molecule has 0 bridgehead atoms. The second-order valence-electron chi connectivity index (χ2n) is 6.49. The zero-order valence-corrected chi connectivity index (χ0v) is 14.7. The molecule has 2 aromatic rings. The van der Waals surface area contributed by atoms with Crippen LogP contribution in [-0.4, -0.2) is 46.2 Å². The smallest absolute Gasteiger partial charge is 0.317 e. The average Bonchev–Trinajstić information content (AvgIpc) is 2.67. The molecular formula is C19H24N4O2. The summed E-state index contributed by atoms with van der Waals surface area (Å²) >= 11 is 0. The first kappa shape index (κ1) is 17.4. The van der Waals surface area contributed by atoms with Gasteiger partial charge in [-0.3, -0.25) is 0 Å². The molecular weight excluding hydrogens is 316 g/mol. The number of urea groups is 1. The van der Waals surface area contributed by atoms with Crippen molar-refractivity contribution in [3.05, 3.63) is 48.5 Å². The van der Waals surface area contributed by atoms with Crippen LogP contribution in [0.3, 0.4) is 0 Å². The van der Waals surface area contributed by atoms with Gasteiger partial charge in [-0.2, -0.15) is 0 Å². The van der Waals surface area contributed by atoms with Gasteiger partial charge in [0.2, 0.25) is 0 Å². The first-order valence-corrected chi connectivity index (χ1v) is 8.63. The standard InChI is InChI=1S/C19H24N4O2/c1-3-19(2)14-23(9-10-25-19)18(24)22-13-17-20-11-16(12-21-17)15-7-5-4-6-8-15/h4-8,11-12H,3,9-10,13-14H2,1-2H3,(H,22,24)/t19-/m0/s1. The van der Waals surface area contributed by atoms with Gasteiger partial charge in [-0.15, -0.1) is 0 Å². The van der Waals surface area contributed by atoms with E-state index in [4.69, 9.17) is 4.74 Å². The molecule has 1 aromatic heterocycles. The van der Waals surface area contributed by atoms with Crippen molar-refractivity contribution in [1.29, 1.82) is 0 Å². The summed E-state index contributed by atoms with van der Waals surface area (Å²) in [6, 6.07) is 9.88. The minimum atomic E-state index is -0.260. The van der Waals surface area contributed by atoms with Gasteiger partial charge in [0.15, 0.2) is 0 Å². The maximum atomic E-state index is 12.4. The number of aromatic nitrogens is 2. The topological polar surface area (TPSA) is 67.4 Å². The Labute approximate surface area is 148 Å². The van der Waals surface area contributed by atoms with Gasteiger partial charge in [-0.1, -0.05) is 37.3 Å². The normalized spacial score (nSPS) is 20.3. The quantitative estimate of drug-likeness (QED) is 0.929. The van der Waals surface area contributed by atoms with Crippen molar-refractivity contribution >= 4 is 6.03 Å². The number of morpholine rings is 1. The molecule has 1 saturated heterocycles. The van der Waals surface area contributed by atoms with Crippen molar-refractivity contribution in [1.82, 2.24) is 20.2 Å². The highest BCUT2D eigenvalue weighted by Gasteiger charge is 2.32. The molecule has 2 heterocycles. The summed E-state index contributed by atoms with van der Waals surface area (Å²) < 4.78 is 5.77. The number of carbonyl (C=O) groups excluding carboxylic acids is 1. The molecule has 1 aliphatic heterocycles. The molecule has 6 nitrogen and oxygen atoms in total. The molecule has 1 aromatic carbocycles. The fourth-order valence-corrected chi connectivity index (χ4v) is 2.81. The van der Waals surface area contributed by atoms with E-state index in [1.54, 1.807) is 17.3 Å². The molecule has 6 heteroatoms. The van der Waals surface area contributed by atoms with Crippen molar-refractivity contribution in [3.8, 4) is 11.1 Å². The van der Waals surface area contributed by atoms with E-state index in [1.165, 1.54) is 0 Å². The molecule has 1 N–H and O–H groups in total. The number of hydrogen-bond donors (Lipinski definition) is 1. The zero-order chi connectivity index (χ0) is 17.7. The molecule has 25 heavy (non-hydrogen) atoms. The highest BCUT2D eigenvalue weighted by molar-refractivity contribution is 5.74. The van der Waals surface area contributed by atoms with Gasteiger partial charge in [0, 0.05) is 24.5 Å². The van der Waals surface area contributed by atoms with Crippen LogP contribution in [-0.2, 0) is 11.3 Å². The maximum absolute atomic E-state index is 12.4. The lowest BCUT2D eigenvalue weighted by molar-refractivity contribution is -0.0872. The molecule has 0 unspecified atom stereocenters. The third-order valence-electron chi connectivity index (χ3n) is 4.58. The van der Waals surface area contributed by atoms with E-state index >= 15 is 0 Å². The van der Waals surface area contributed by atoms with Crippen LogP contribution in [0.15, 0.2) is 42.7 Å². The molecule has 0 radical (unpaired) electrons. The summed E-state index contributed by atoms with van der Waals surface area (Å²) in [6.07, 6.45) is 4.44. The molecule has 0 spiro atoms. The first-order chi connectivity index (χ1) is 12.1. The lowest BCUT2D eigenvalue weighted by Gasteiger charge is -2.39. The fourth-order valence-electron chi connectivity index (χ4n) is 2.81. The van der Waals surface area contributed by atoms with Gasteiger partial charge in [0.05, 0.1) is 25.3 Å². The Morgan fingerprint density at radius 3 is 2.64 bits per heavy atom. The van der Waals surface area contributed by atoms with E-state index in [1.807, 2.05) is 37.3 Å². The second kappa shape index (κ2) is 7.61. The molecule has 3 rings (SSSR count). The monoisotopic (exact) mass is 340 g/mol. The summed E-state index contributed by atoms with van der Waals surface area (Å²) in [5.41, 5.74) is 1.77. The summed E-state index contributed by atoms with van der Waals surface area (Å²) in [6.45, 7) is 6.20. The minimum Gasteiger partial charge on any atom is -0.372 e. The molecule has 0 saturated carbocycles. The van der Waals surface area contributed by atoms with E-state index in [-0.39, 0.29) is 11.6 Å². The zero-order valence-electron chi connectivity index (χ0n) is 14.7. The Kier molecular flexibility index (Phi) is 5.28. The number of carbonyl (C=O) groups is 1. The van der Waals surface area contributed by atoms with Gasteiger partial charge >= 0.3 is 6.03 Å². The van der Waals surface area contributed by atoms with Gasteiger partial charge in [-0.05, 0) is 18.9 Å². The van der Waals surface area contributed by atoms with Gasteiger partial charge in [0.1, 0.15) is 5.82 Å². The van der Waals surface area contributed by atoms with E-state index in [0.29, 0.717) is 32.1 Å². The Morgan fingerprint density at radius 2 is 1.96 bits per heavy atom. The lowest BCUT2D eigenvalue weighted by atomic mass is 10.0. The van der Waals surface area contributed by atoms with Crippen molar-refractivity contribution in [3.63, 3.8) is 0 Å². The fraction of sp³-hybridized carbons (Fsp3) is 0.421. The van der Waals surface area contributed by atoms with Crippen LogP contribution in [0.25, 0.3) is 11.1 Å². The lowest BCUT2D eigenvalue weighted by Crippen LogP contribution is -2.54. The van der Waals surface area contributed by atoms with Crippen LogP contribution in [0.2, 0.25) is 0 Å². The number of rotatable bonds is 4. The van der Waals surface area contributed by atoms with Crippen molar-refractivity contribution in [2.45, 2.75) is 32.4 Å². The Bertz CT molecular complexity index is 705. The molecule has 132 valence electrons. The first-order valence-electron chi connectivity index (χ1n) is 8.63. The summed E-state index contributed by atoms with van der Waals surface area (Å²) in [7, 11) is 0. The number of benzene rings is 1. The third-order valence-corrected chi connectivity index (χ3v) is 4.58. The van der Waals surface area contributed by atoms with Crippen molar-refractivity contribution in [2.24, 2.45) is 0 Å². The molecule has 2 amide bonds. The third kappa shape index (κ3) is 4.33. The molecule has 1 fully saturated rings. The Balaban J connectivity index is 1.55. The highest BCUT2D eigenvalue weighted by atomic mass is 16.5. The van der Waals surface area contributed by atoms with E-state index < -0.39 is 0 Å². The van der Waals surface area contributed by atoms with Gasteiger partial charge in [-0.25, -0.2) is 14.8 Å². The highest BCUT2D eigenvalue weighted by Crippen LogP contribution is 2.21. The van der Waals surface area contributed by atoms with E-state index in [2.05, 4.69) is 22.2 Å². The van der Waals surface area contributed by atoms with Crippen LogP contribution >= 0.6 is 0 Å². The second-order valence-corrected chi connectivity index (χ2v) is 6.49. The number of amides is 2. The Hall–Kier alpha value is -2.47. The van der Waals surface area contributed by atoms with Crippen molar-refractivity contribution < 1.29 is 9.53 Å². The number of hydrogen-bond acceptors (Lipinski definition) is 4. The molecule has 1 atom stereocenters. The summed E-state index contributed by atoms with van der Waals surface area (Å²) in [5.74, 6) is 0.597. The predicted molar refractivity (Wildman–Crippen MR) is 95.9 cm³/mol. The van der Waals surface area contributed by atoms with Crippen LogP contribution in [0.1, 0.15) is 26.1 Å². The summed E-state index contributed by atoms with van der Waals surface area (Å²) in [5, 5.41) is 2.90. The molecule has 1 aliphatic rings. The minimum absolute atomic E-state index is 0.0984. The predicted octanol–water partition coefficient (Wildman–Crippen LogP) is 2.85. The average molecular weight is 340 g/mol. The largest absolute Gasteiger partial charge is 0.372 e. The van der Waals surface area contributed by atoms with Crippen LogP contribution in [0, 0.1) is 0 Å². The van der Waals surface area contributed by atoms with Gasteiger partial charge < -0.3 is 15.0 Å². The van der Waals surface area contributed by atoms with E-state index in [9.17, 15) is 4.79 Å². The van der Waals surface area contributed by atoms with Crippen molar-refractivity contribution in [2.75, 3.05) is 19.7 Å². The summed E-state index contributed by atoms with van der Waals surface area (Å²) in [4.78, 5) is 22.9. The molecule has 0 aliphatic carbocycles. The van der Waals surface area contributed by atoms with Crippen LogP contribution in [0.4, 0.5) is 4.79 Å². The number of nitrogens with zero attached hydrogens (tertiary/aromatic N) is 3. The van der Waals surface area contributed by atoms with E-state index in [0.717, 1.165) is 17.5 Å². The maximum Gasteiger partial charge on any atom is 0.317 e. The van der Waals surface area contributed by atoms with Crippen LogP contribution in [0.5, 0.6) is 0 Å².